The molecular formula is C6H16Si. The summed E-state index contributed by atoms with van der Waals surface area (Å²) in [6.45, 7) is 5.78. The van der Waals surface area contributed by atoms with Gasteiger partial charge in [0.05, 0.1) is 0 Å². The average molecular weight is 116 g/mol. The third-order valence-corrected chi connectivity index (χ3v) is 0.762. The predicted molar refractivity (Wildman–Crippen MR) is 41.1 cm³/mol. The largest absolute Gasteiger partial charge is 0.103 e. The van der Waals surface area contributed by atoms with Crippen LogP contribution >= 0.6 is 0 Å². The molecule has 0 aromatic carbocycles. The highest BCUT2D eigenvalue weighted by molar-refractivity contribution is 5.75. The molecule has 0 aliphatic carbocycles. The second-order valence-corrected chi connectivity index (χ2v) is 1.43. The van der Waals surface area contributed by atoms with E-state index in [9.17, 15) is 0 Å². The molecule has 0 saturated carbocycles. The number of unbranched alkanes of at least 4 members (excludes halogenated alkanes) is 2. The zero-order valence-corrected chi connectivity index (χ0v) is 4.41. The number of rotatable bonds is 3. The van der Waals surface area contributed by atoms with E-state index in [1.54, 1.807) is 0 Å². The standard InChI is InChI=1S/C6H12.H4Si/c1-3-5-6-4-2;/h3H,1,4-6H2,2H3;1H4. The van der Waals surface area contributed by atoms with Crippen molar-refractivity contribution >= 4 is 11.0 Å². The second-order valence-electron chi connectivity index (χ2n) is 1.43. The van der Waals surface area contributed by atoms with Crippen LogP contribution in [0.3, 0.4) is 0 Å². The van der Waals surface area contributed by atoms with Crippen molar-refractivity contribution in [2.75, 3.05) is 0 Å². The van der Waals surface area contributed by atoms with Gasteiger partial charge in [-0.2, -0.15) is 0 Å². The van der Waals surface area contributed by atoms with E-state index in [1.165, 1.54) is 19.3 Å². The van der Waals surface area contributed by atoms with Crippen LogP contribution in [0.5, 0.6) is 0 Å². The Kier molecular flexibility index (Phi) is 13.4. The van der Waals surface area contributed by atoms with E-state index >= 15 is 0 Å². The highest BCUT2D eigenvalue weighted by Crippen LogP contribution is 1.91. The molecule has 0 aromatic heterocycles. The summed E-state index contributed by atoms with van der Waals surface area (Å²) in [6, 6.07) is 0. The molecule has 7 heavy (non-hydrogen) atoms. The Labute approximate surface area is 50.6 Å². The molecule has 0 nitrogen and oxygen atoms in total. The lowest BCUT2D eigenvalue weighted by atomic mass is 10.3. The monoisotopic (exact) mass is 116 g/mol. The molecule has 0 saturated heterocycles. The van der Waals surface area contributed by atoms with Gasteiger partial charge >= 0.3 is 0 Å². The van der Waals surface area contributed by atoms with E-state index in [0.717, 1.165) is 0 Å². The molecule has 0 amide bonds. The first-order valence-electron chi connectivity index (χ1n) is 2.52. The molecule has 0 atom stereocenters. The van der Waals surface area contributed by atoms with Gasteiger partial charge < -0.3 is 0 Å². The third-order valence-electron chi connectivity index (χ3n) is 0.762. The van der Waals surface area contributed by atoms with Gasteiger partial charge in [0.1, 0.15) is 0 Å². The van der Waals surface area contributed by atoms with Crippen molar-refractivity contribution in [3.63, 3.8) is 0 Å². The maximum Gasteiger partial charge on any atom is -0.0149 e. The van der Waals surface area contributed by atoms with E-state index in [-0.39, 0.29) is 11.0 Å². The molecule has 0 heterocycles. The quantitative estimate of drug-likeness (QED) is 0.292. The van der Waals surface area contributed by atoms with Gasteiger partial charge in [-0.05, 0) is 17.4 Å². The van der Waals surface area contributed by atoms with Gasteiger partial charge in [0.15, 0.2) is 0 Å². The summed E-state index contributed by atoms with van der Waals surface area (Å²) in [5, 5.41) is 0. The molecule has 0 aliphatic rings. The Morgan fingerprint density at radius 2 is 2.14 bits per heavy atom. The minimum absolute atomic E-state index is 0. The molecule has 0 aromatic rings. The first-order valence-corrected chi connectivity index (χ1v) is 2.52. The highest BCUT2D eigenvalue weighted by Gasteiger charge is 1.71. The lowest BCUT2D eigenvalue weighted by molar-refractivity contribution is 0.816. The summed E-state index contributed by atoms with van der Waals surface area (Å²) in [4.78, 5) is 0. The molecular weight excluding hydrogens is 100 g/mol. The fourth-order valence-corrected chi connectivity index (χ4v) is 0.348. The van der Waals surface area contributed by atoms with E-state index in [4.69, 9.17) is 0 Å². The number of hydrogen-bond acceptors (Lipinski definition) is 0. The van der Waals surface area contributed by atoms with E-state index in [0.29, 0.717) is 0 Å². The molecule has 44 valence electrons. The van der Waals surface area contributed by atoms with Crippen molar-refractivity contribution in [1.82, 2.24) is 0 Å². The van der Waals surface area contributed by atoms with Crippen LogP contribution in [0.2, 0.25) is 0 Å². The van der Waals surface area contributed by atoms with Gasteiger partial charge in [0.25, 0.3) is 0 Å². The topological polar surface area (TPSA) is 0 Å². The van der Waals surface area contributed by atoms with Gasteiger partial charge in [-0.15, -0.1) is 6.58 Å². The fourth-order valence-electron chi connectivity index (χ4n) is 0.348. The number of hydrogen-bond donors (Lipinski definition) is 0. The Hall–Kier alpha value is -0.0431. The fraction of sp³-hybridized carbons (Fsp3) is 0.667. The third kappa shape index (κ3) is 10.7. The van der Waals surface area contributed by atoms with Crippen molar-refractivity contribution in [2.24, 2.45) is 0 Å². The summed E-state index contributed by atoms with van der Waals surface area (Å²) >= 11 is 0. The minimum Gasteiger partial charge on any atom is -0.103 e. The van der Waals surface area contributed by atoms with E-state index in [1.807, 2.05) is 6.08 Å². The van der Waals surface area contributed by atoms with Crippen LogP contribution in [-0.4, -0.2) is 11.0 Å². The van der Waals surface area contributed by atoms with Crippen LogP contribution in [0.4, 0.5) is 0 Å². The molecule has 0 radical (unpaired) electrons. The summed E-state index contributed by atoms with van der Waals surface area (Å²) < 4.78 is 0. The zero-order chi connectivity index (χ0) is 4.83. The predicted octanol–water partition coefficient (Wildman–Crippen LogP) is 0.911. The highest BCUT2D eigenvalue weighted by atomic mass is 28.1. The maximum absolute atomic E-state index is 3.60. The van der Waals surface area contributed by atoms with Gasteiger partial charge in [0.2, 0.25) is 0 Å². The Balaban J connectivity index is 0. The van der Waals surface area contributed by atoms with Crippen LogP contribution in [-0.2, 0) is 0 Å². The summed E-state index contributed by atoms with van der Waals surface area (Å²) in [7, 11) is 0. The SMILES string of the molecule is C=CCCCC.[SiH4]. The van der Waals surface area contributed by atoms with Gasteiger partial charge in [-0.25, -0.2) is 0 Å². The van der Waals surface area contributed by atoms with Gasteiger partial charge in [0, 0.05) is 0 Å². The average Bonchev–Trinajstić information content (AvgIpc) is 1.61. The molecule has 0 unspecified atom stereocenters. The van der Waals surface area contributed by atoms with Crippen molar-refractivity contribution in [3.05, 3.63) is 12.7 Å². The molecule has 0 spiro atoms. The summed E-state index contributed by atoms with van der Waals surface area (Å²) in [5.74, 6) is 0. The maximum atomic E-state index is 3.60. The summed E-state index contributed by atoms with van der Waals surface area (Å²) in [5.41, 5.74) is 0. The smallest absolute Gasteiger partial charge is 0.0149 e. The first-order chi connectivity index (χ1) is 2.91. The van der Waals surface area contributed by atoms with Crippen LogP contribution in [0.25, 0.3) is 0 Å². The second kappa shape index (κ2) is 9.35. The number of allylic oxidation sites excluding steroid dienone is 1. The van der Waals surface area contributed by atoms with E-state index in [2.05, 4.69) is 13.5 Å². The minimum atomic E-state index is 0. The normalized spacial score (nSPS) is 7.00. The summed E-state index contributed by atoms with van der Waals surface area (Å²) in [6.07, 6.45) is 5.72. The van der Waals surface area contributed by atoms with Crippen LogP contribution in [0.1, 0.15) is 26.2 Å². The van der Waals surface area contributed by atoms with Crippen LogP contribution in [0.15, 0.2) is 12.7 Å². The van der Waals surface area contributed by atoms with Crippen LogP contribution < -0.4 is 0 Å². The van der Waals surface area contributed by atoms with Crippen molar-refractivity contribution in [2.45, 2.75) is 26.2 Å². The van der Waals surface area contributed by atoms with Crippen molar-refractivity contribution < 1.29 is 0 Å². The van der Waals surface area contributed by atoms with Crippen molar-refractivity contribution in [3.8, 4) is 0 Å². The molecule has 0 fully saturated rings. The van der Waals surface area contributed by atoms with Crippen LogP contribution in [0, 0.1) is 0 Å². The lowest BCUT2D eigenvalue weighted by Crippen LogP contribution is -1.61. The molecule has 0 bridgehead atoms. The molecule has 0 N–H and O–H groups in total. The zero-order valence-electron chi connectivity index (χ0n) is 4.41. The van der Waals surface area contributed by atoms with E-state index < -0.39 is 0 Å². The Morgan fingerprint density at radius 1 is 1.57 bits per heavy atom. The molecule has 0 rings (SSSR count). The van der Waals surface area contributed by atoms with Gasteiger partial charge in [-0.3, -0.25) is 0 Å². The molecule has 1 heteroatoms. The Morgan fingerprint density at radius 3 is 2.29 bits per heavy atom. The Bertz CT molecular complexity index is 33.2. The molecule has 0 aliphatic heterocycles. The van der Waals surface area contributed by atoms with Gasteiger partial charge in [-0.1, -0.05) is 25.8 Å². The van der Waals surface area contributed by atoms with Crippen molar-refractivity contribution in [1.29, 1.82) is 0 Å². The first kappa shape index (κ1) is 10.0. The lowest BCUT2D eigenvalue weighted by Gasteiger charge is -1.81.